The van der Waals surface area contributed by atoms with E-state index in [0.29, 0.717) is 16.5 Å². The highest BCUT2D eigenvalue weighted by Gasteiger charge is 2.32. The van der Waals surface area contributed by atoms with Crippen LogP contribution in [0.15, 0.2) is 48.9 Å². The van der Waals surface area contributed by atoms with Crippen LogP contribution in [0.5, 0.6) is 5.75 Å². The number of aromatic nitrogens is 6. The van der Waals surface area contributed by atoms with E-state index in [1.165, 1.54) is 29.2 Å². The zero-order valence-corrected chi connectivity index (χ0v) is 19.3. The fourth-order valence-corrected chi connectivity index (χ4v) is 4.69. The van der Waals surface area contributed by atoms with Gasteiger partial charge in [-0.2, -0.15) is 0 Å². The first-order chi connectivity index (χ1) is 16.8. The average molecular weight is 520 g/mol. The molecule has 14 heteroatoms. The molecule has 1 N–H and O–H groups in total. The van der Waals surface area contributed by atoms with E-state index in [4.69, 9.17) is 16.3 Å². The Labute approximate surface area is 203 Å². The van der Waals surface area contributed by atoms with Crippen LogP contribution in [-0.2, 0) is 16.4 Å². The number of halogens is 3. The fourth-order valence-electron chi connectivity index (χ4n) is 3.62. The van der Waals surface area contributed by atoms with E-state index >= 15 is 0 Å². The van der Waals surface area contributed by atoms with Gasteiger partial charge in [0, 0.05) is 36.6 Å². The number of nitrogens with zero attached hydrogens (tertiary/aromatic N) is 6. The molecular weight excluding hydrogens is 504 g/mol. The van der Waals surface area contributed by atoms with E-state index in [0.717, 1.165) is 12.1 Å². The molecule has 5 rings (SSSR count). The van der Waals surface area contributed by atoms with E-state index in [2.05, 4.69) is 29.9 Å². The molecule has 0 aliphatic carbocycles. The number of hydrogen-bond donors (Lipinski definition) is 1. The van der Waals surface area contributed by atoms with Gasteiger partial charge in [0.1, 0.15) is 41.6 Å². The van der Waals surface area contributed by atoms with Crippen LogP contribution in [0.3, 0.4) is 0 Å². The summed E-state index contributed by atoms with van der Waals surface area (Å²) in [5.74, 6) is -1.31. The van der Waals surface area contributed by atoms with Crippen LogP contribution < -0.4 is 9.46 Å². The number of nitrogens with one attached hydrogen (secondary N) is 1. The molecule has 0 saturated carbocycles. The molecule has 10 nitrogen and oxygen atoms in total. The van der Waals surface area contributed by atoms with Crippen molar-refractivity contribution in [1.82, 2.24) is 29.7 Å². The van der Waals surface area contributed by atoms with Gasteiger partial charge in [-0.25, -0.2) is 32.2 Å². The Morgan fingerprint density at radius 2 is 1.94 bits per heavy atom. The van der Waals surface area contributed by atoms with E-state index in [1.807, 2.05) is 0 Å². The lowest BCUT2D eigenvalue weighted by Crippen LogP contribution is -2.25. The van der Waals surface area contributed by atoms with Gasteiger partial charge >= 0.3 is 0 Å². The minimum absolute atomic E-state index is 0.0109. The number of rotatable bonds is 6. The highest BCUT2D eigenvalue weighted by Crippen LogP contribution is 2.37. The Morgan fingerprint density at radius 1 is 1.14 bits per heavy atom. The van der Waals surface area contributed by atoms with Gasteiger partial charge in [0.15, 0.2) is 5.82 Å². The number of hydrogen-bond acceptors (Lipinski definition) is 8. The van der Waals surface area contributed by atoms with Gasteiger partial charge in [-0.1, -0.05) is 17.7 Å². The Kier molecular flexibility index (Phi) is 6.03. The highest BCUT2D eigenvalue weighted by molar-refractivity contribution is 7.92. The van der Waals surface area contributed by atoms with Crippen molar-refractivity contribution in [2.45, 2.75) is 12.5 Å². The molecule has 3 aromatic heterocycles. The second-order valence-corrected chi connectivity index (χ2v) is 9.83. The first-order valence-corrected chi connectivity index (χ1v) is 12.3. The third kappa shape index (κ3) is 4.77. The summed E-state index contributed by atoms with van der Waals surface area (Å²) in [6, 6.07) is 5.50. The van der Waals surface area contributed by atoms with E-state index in [9.17, 15) is 17.2 Å². The summed E-state index contributed by atoms with van der Waals surface area (Å²) in [7, 11) is -3.96. The van der Waals surface area contributed by atoms with E-state index < -0.39 is 27.7 Å². The molecule has 0 saturated heterocycles. The molecule has 0 bridgehead atoms. The minimum atomic E-state index is -3.96. The molecule has 1 atom stereocenters. The smallest absolute Gasteiger partial charge is 0.239 e. The van der Waals surface area contributed by atoms with Gasteiger partial charge < -0.3 is 4.74 Å². The normalized spacial score (nSPS) is 15.0. The number of pyridine rings is 1. The molecule has 0 radical (unpaired) electrons. The lowest BCUT2D eigenvalue weighted by Gasteiger charge is -2.20. The van der Waals surface area contributed by atoms with Crippen molar-refractivity contribution in [3.8, 4) is 17.3 Å². The molecule has 4 aromatic rings. The zero-order chi connectivity index (χ0) is 24.6. The zero-order valence-electron chi connectivity index (χ0n) is 17.8. The first-order valence-electron chi connectivity index (χ1n) is 10.3. The number of sulfonamides is 1. The Bertz CT molecular complexity index is 1500. The van der Waals surface area contributed by atoms with Crippen molar-refractivity contribution in [2.75, 3.05) is 17.1 Å². The van der Waals surface area contributed by atoms with Crippen molar-refractivity contribution >= 4 is 27.6 Å². The number of ether oxygens (including phenoxy) is 1. The number of aryl methyl sites for hydroxylation is 1. The molecule has 0 fully saturated rings. The Hall–Kier alpha value is -3.71. The molecule has 0 amide bonds. The monoisotopic (exact) mass is 519 g/mol. The Balaban J connectivity index is 1.52. The number of fused-ring (bicyclic) bond motifs is 3. The predicted octanol–water partition coefficient (Wildman–Crippen LogP) is 3.03. The van der Waals surface area contributed by atoms with Crippen LogP contribution in [-0.4, -0.2) is 50.5 Å². The molecule has 0 unspecified atom stereocenters. The van der Waals surface area contributed by atoms with Crippen LogP contribution in [0.2, 0.25) is 5.02 Å². The standard InChI is InChI=1S/C21H16ClF2N7O3S/c22-12-9-26-18(27-10-12)5-7-35(32,33)30-21-29-28-20-19-17(2-1-6-25-19)34-11-16(31(20)21)14-4-3-13(23)8-15(14)24/h1-4,6,8-10,16H,5,7,11H2,(H,29,30)/t16-/m0/s1. The van der Waals surface area contributed by atoms with Crippen LogP contribution in [0.4, 0.5) is 14.7 Å². The SMILES string of the molecule is O=S(=O)(CCc1ncc(Cl)cn1)Nc1nnc2n1[C@H](c1ccc(F)cc1F)COc1cccnc1-2. The minimum Gasteiger partial charge on any atom is -0.489 e. The van der Waals surface area contributed by atoms with Gasteiger partial charge in [-0.3, -0.25) is 9.29 Å². The summed E-state index contributed by atoms with van der Waals surface area (Å²) >= 11 is 5.76. The molecule has 4 heterocycles. The lowest BCUT2D eigenvalue weighted by atomic mass is 10.1. The molecule has 1 aromatic carbocycles. The molecule has 180 valence electrons. The van der Waals surface area contributed by atoms with E-state index in [1.54, 1.807) is 12.1 Å². The third-order valence-electron chi connectivity index (χ3n) is 5.22. The largest absolute Gasteiger partial charge is 0.489 e. The van der Waals surface area contributed by atoms with Crippen LogP contribution in [0.25, 0.3) is 11.5 Å². The second-order valence-electron chi connectivity index (χ2n) is 7.55. The third-order valence-corrected chi connectivity index (χ3v) is 6.65. The molecule has 1 aliphatic rings. The van der Waals surface area contributed by atoms with Gasteiger partial charge in [0.2, 0.25) is 16.0 Å². The fraction of sp³-hybridized carbons (Fsp3) is 0.190. The van der Waals surface area contributed by atoms with Crippen molar-refractivity contribution in [3.63, 3.8) is 0 Å². The maximum atomic E-state index is 14.8. The maximum Gasteiger partial charge on any atom is 0.239 e. The van der Waals surface area contributed by atoms with Gasteiger partial charge in [0.25, 0.3) is 0 Å². The van der Waals surface area contributed by atoms with Crippen molar-refractivity contribution in [2.24, 2.45) is 0 Å². The summed E-state index contributed by atoms with van der Waals surface area (Å²) in [5, 5.41) is 8.43. The van der Waals surface area contributed by atoms with Gasteiger partial charge in [-0.15, -0.1) is 10.2 Å². The summed E-state index contributed by atoms with van der Waals surface area (Å²) in [5.41, 5.74) is 0.361. The summed E-state index contributed by atoms with van der Waals surface area (Å²) < 4.78 is 63.7. The van der Waals surface area contributed by atoms with Gasteiger partial charge in [-0.05, 0) is 18.2 Å². The number of benzene rings is 1. The molecule has 1 aliphatic heterocycles. The van der Waals surface area contributed by atoms with Crippen LogP contribution in [0.1, 0.15) is 17.4 Å². The predicted molar refractivity (Wildman–Crippen MR) is 121 cm³/mol. The highest BCUT2D eigenvalue weighted by atomic mass is 35.5. The van der Waals surface area contributed by atoms with Crippen LogP contribution >= 0.6 is 11.6 Å². The van der Waals surface area contributed by atoms with Crippen molar-refractivity contribution < 1.29 is 21.9 Å². The van der Waals surface area contributed by atoms with Crippen molar-refractivity contribution in [1.29, 1.82) is 0 Å². The number of anilines is 1. The average Bonchev–Trinajstić information content (AvgIpc) is 3.14. The molecule has 35 heavy (non-hydrogen) atoms. The van der Waals surface area contributed by atoms with Crippen molar-refractivity contribution in [3.05, 3.63) is 77.0 Å². The quantitative estimate of drug-likeness (QED) is 0.412. The topological polar surface area (TPSA) is 125 Å². The van der Waals surface area contributed by atoms with E-state index in [-0.39, 0.29) is 41.9 Å². The molecule has 0 spiro atoms. The summed E-state index contributed by atoms with van der Waals surface area (Å²) in [6.45, 7) is -0.111. The summed E-state index contributed by atoms with van der Waals surface area (Å²) in [4.78, 5) is 12.2. The lowest BCUT2D eigenvalue weighted by molar-refractivity contribution is 0.277. The maximum absolute atomic E-state index is 14.8. The van der Waals surface area contributed by atoms with Crippen LogP contribution in [0, 0.1) is 11.6 Å². The Morgan fingerprint density at radius 3 is 2.71 bits per heavy atom. The second kappa shape index (κ2) is 9.15. The molecular formula is C21H16ClF2N7O3S. The van der Waals surface area contributed by atoms with Gasteiger partial charge in [0.05, 0.1) is 10.8 Å². The first kappa shape index (κ1) is 23.1. The summed E-state index contributed by atoms with van der Waals surface area (Å²) in [6.07, 6.45) is 4.26.